The number of hydrogen-bond donors (Lipinski definition) is 2. The van der Waals surface area contributed by atoms with E-state index in [9.17, 15) is 14.3 Å². The average Bonchev–Trinajstić information content (AvgIpc) is 3.39. The van der Waals surface area contributed by atoms with Crippen molar-refractivity contribution in [3.8, 4) is 17.2 Å². The molecule has 1 aliphatic carbocycles. The third-order valence-corrected chi connectivity index (χ3v) is 4.31. The summed E-state index contributed by atoms with van der Waals surface area (Å²) in [5.74, 6) is -1.23. The first kappa shape index (κ1) is 17.2. The second kappa shape index (κ2) is 7.11. The SMILES string of the molecule is CCN(Cc1ccc(Oc2ccc(C(N)=O)c(O)c2)c(F)c1)C1CC1. The number of benzene rings is 2. The molecule has 6 heteroatoms. The van der Waals surface area contributed by atoms with Crippen LogP contribution in [0.4, 0.5) is 4.39 Å². The summed E-state index contributed by atoms with van der Waals surface area (Å²) in [6, 6.07) is 9.53. The number of phenols is 1. The Bertz CT molecular complexity index is 790. The highest BCUT2D eigenvalue weighted by Gasteiger charge is 2.27. The standard InChI is InChI=1S/C19H21FN2O3/c1-2-22(13-4-5-13)11-12-3-8-18(16(20)9-12)25-14-6-7-15(19(21)24)17(23)10-14/h3,6-10,13,23H,2,4-5,11H2,1H3,(H2,21,24). The van der Waals surface area contributed by atoms with E-state index in [0.29, 0.717) is 12.6 Å². The number of carbonyl (C=O) groups excluding carboxylic acids is 1. The Hall–Kier alpha value is -2.60. The van der Waals surface area contributed by atoms with E-state index in [4.69, 9.17) is 10.5 Å². The molecule has 1 aliphatic rings. The van der Waals surface area contributed by atoms with Crippen LogP contribution >= 0.6 is 0 Å². The Kier molecular flexibility index (Phi) is 4.90. The van der Waals surface area contributed by atoms with Crippen molar-refractivity contribution in [1.29, 1.82) is 0 Å². The molecule has 0 bridgehead atoms. The number of carbonyl (C=O) groups is 1. The number of primary amides is 1. The first-order chi connectivity index (χ1) is 12.0. The minimum absolute atomic E-state index is 0.0112. The van der Waals surface area contributed by atoms with Gasteiger partial charge in [0.25, 0.3) is 5.91 Å². The Morgan fingerprint density at radius 3 is 2.64 bits per heavy atom. The molecule has 0 unspecified atom stereocenters. The molecule has 25 heavy (non-hydrogen) atoms. The van der Waals surface area contributed by atoms with Gasteiger partial charge in [0.15, 0.2) is 11.6 Å². The van der Waals surface area contributed by atoms with Crippen LogP contribution in [0.3, 0.4) is 0 Å². The number of nitrogens with two attached hydrogens (primary N) is 1. The second-order valence-corrected chi connectivity index (χ2v) is 6.20. The van der Waals surface area contributed by atoms with Crippen LogP contribution in [0.15, 0.2) is 36.4 Å². The van der Waals surface area contributed by atoms with Crippen LogP contribution in [0.25, 0.3) is 0 Å². The minimum Gasteiger partial charge on any atom is -0.507 e. The summed E-state index contributed by atoms with van der Waals surface area (Å²) in [7, 11) is 0. The van der Waals surface area contributed by atoms with Gasteiger partial charge in [-0.3, -0.25) is 9.69 Å². The molecule has 3 N–H and O–H groups in total. The van der Waals surface area contributed by atoms with E-state index in [1.807, 2.05) is 6.07 Å². The van der Waals surface area contributed by atoms with E-state index in [1.54, 1.807) is 6.07 Å². The van der Waals surface area contributed by atoms with Gasteiger partial charge in [-0.15, -0.1) is 0 Å². The molecule has 1 fully saturated rings. The monoisotopic (exact) mass is 344 g/mol. The van der Waals surface area contributed by atoms with Gasteiger partial charge in [-0.1, -0.05) is 13.0 Å². The maximum atomic E-state index is 14.3. The molecule has 0 aliphatic heterocycles. The zero-order valence-corrected chi connectivity index (χ0v) is 14.0. The van der Waals surface area contributed by atoms with Crippen LogP contribution in [0.1, 0.15) is 35.7 Å². The molecular weight excluding hydrogens is 323 g/mol. The fourth-order valence-corrected chi connectivity index (χ4v) is 2.81. The number of halogens is 1. The molecule has 1 amide bonds. The Morgan fingerprint density at radius 1 is 1.32 bits per heavy atom. The Labute approximate surface area is 145 Å². The van der Waals surface area contributed by atoms with E-state index < -0.39 is 11.7 Å². The maximum absolute atomic E-state index is 14.3. The van der Waals surface area contributed by atoms with E-state index >= 15 is 0 Å². The fraction of sp³-hybridized carbons (Fsp3) is 0.316. The van der Waals surface area contributed by atoms with Crippen molar-refractivity contribution in [3.63, 3.8) is 0 Å². The van der Waals surface area contributed by atoms with Crippen molar-refractivity contribution >= 4 is 5.91 Å². The molecule has 0 spiro atoms. The lowest BCUT2D eigenvalue weighted by atomic mass is 10.1. The van der Waals surface area contributed by atoms with Crippen LogP contribution in [0.2, 0.25) is 0 Å². The summed E-state index contributed by atoms with van der Waals surface area (Å²) in [5, 5.41) is 9.76. The maximum Gasteiger partial charge on any atom is 0.252 e. The van der Waals surface area contributed by atoms with Gasteiger partial charge in [0.2, 0.25) is 0 Å². The fourth-order valence-electron chi connectivity index (χ4n) is 2.81. The van der Waals surface area contributed by atoms with Gasteiger partial charge in [0.05, 0.1) is 5.56 Å². The molecule has 132 valence electrons. The third kappa shape index (κ3) is 4.09. The summed E-state index contributed by atoms with van der Waals surface area (Å²) in [5.41, 5.74) is 6.01. The van der Waals surface area contributed by atoms with Crippen molar-refractivity contribution < 1.29 is 19.0 Å². The van der Waals surface area contributed by atoms with Gasteiger partial charge in [-0.25, -0.2) is 4.39 Å². The van der Waals surface area contributed by atoms with Crippen molar-refractivity contribution in [2.75, 3.05) is 6.54 Å². The third-order valence-electron chi connectivity index (χ3n) is 4.31. The summed E-state index contributed by atoms with van der Waals surface area (Å²) in [6.07, 6.45) is 2.42. The van der Waals surface area contributed by atoms with Crippen LogP contribution in [-0.2, 0) is 6.54 Å². The van der Waals surface area contributed by atoms with E-state index in [0.717, 1.165) is 12.1 Å². The normalized spacial score (nSPS) is 13.9. The highest BCUT2D eigenvalue weighted by Crippen LogP contribution is 2.31. The molecule has 5 nitrogen and oxygen atoms in total. The van der Waals surface area contributed by atoms with Crippen molar-refractivity contribution in [2.45, 2.75) is 32.4 Å². The molecule has 0 aromatic heterocycles. The molecule has 2 aromatic rings. The van der Waals surface area contributed by atoms with Crippen LogP contribution in [0, 0.1) is 5.82 Å². The molecule has 2 aromatic carbocycles. The van der Waals surface area contributed by atoms with E-state index in [2.05, 4.69) is 11.8 Å². The second-order valence-electron chi connectivity index (χ2n) is 6.20. The minimum atomic E-state index is -0.740. The zero-order chi connectivity index (χ0) is 18.0. The van der Waals surface area contributed by atoms with Gasteiger partial charge in [-0.2, -0.15) is 0 Å². The molecule has 0 atom stereocenters. The van der Waals surface area contributed by atoms with E-state index in [1.165, 1.54) is 37.1 Å². The number of aromatic hydroxyl groups is 1. The van der Waals surface area contributed by atoms with E-state index in [-0.39, 0.29) is 22.8 Å². The first-order valence-electron chi connectivity index (χ1n) is 8.31. The van der Waals surface area contributed by atoms with Crippen molar-refractivity contribution in [3.05, 3.63) is 53.3 Å². The summed E-state index contributed by atoms with van der Waals surface area (Å²) < 4.78 is 19.8. The highest BCUT2D eigenvalue weighted by atomic mass is 19.1. The first-order valence-corrected chi connectivity index (χ1v) is 8.31. The quantitative estimate of drug-likeness (QED) is 0.807. The van der Waals surface area contributed by atoms with Crippen LogP contribution in [-0.4, -0.2) is 28.5 Å². The summed E-state index contributed by atoms with van der Waals surface area (Å²) >= 11 is 0. The molecular formula is C19H21FN2O3. The van der Waals surface area contributed by atoms with Crippen LogP contribution in [0.5, 0.6) is 17.2 Å². The topological polar surface area (TPSA) is 75.8 Å². The number of amides is 1. The predicted molar refractivity (Wildman–Crippen MR) is 92.2 cm³/mol. The van der Waals surface area contributed by atoms with Gasteiger partial charge >= 0.3 is 0 Å². The Morgan fingerprint density at radius 2 is 2.08 bits per heavy atom. The van der Waals surface area contributed by atoms with Crippen molar-refractivity contribution in [2.24, 2.45) is 5.73 Å². The largest absolute Gasteiger partial charge is 0.507 e. The number of rotatable bonds is 7. The zero-order valence-electron chi connectivity index (χ0n) is 14.0. The van der Waals surface area contributed by atoms with Gasteiger partial charge < -0.3 is 15.6 Å². The Balaban J connectivity index is 1.72. The van der Waals surface area contributed by atoms with Crippen LogP contribution < -0.4 is 10.5 Å². The lowest BCUT2D eigenvalue weighted by Gasteiger charge is -2.20. The lowest BCUT2D eigenvalue weighted by molar-refractivity contribution is 0.0997. The molecule has 3 rings (SSSR count). The molecule has 0 heterocycles. The highest BCUT2D eigenvalue weighted by molar-refractivity contribution is 5.95. The number of nitrogens with zero attached hydrogens (tertiary/aromatic N) is 1. The number of ether oxygens (including phenoxy) is 1. The summed E-state index contributed by atoms with van der Waals surface area (Å²) in [6.45, 7) is 3.76. The molecule has 1 saturated carbocycles. The average molecular weight is 344 g/mol. The van der Waals surface area contributed by atoms with Crippen molar-refractivity contribution in [1.82, 2.24) is 4.90 Å². The van der Waals surface area contributed by atoms with Gasteiger partial charge in [0, 0.05) is 18.7 Å². The number of hydrogen-bond acceptors (Lipinski definition) is 4. The predicted octanol–water partition coefficient (Wildman–Crippen LogP) is 3.41. The molecule has 0 radical (unpaired) electrons. The van der Waals surface area contributed by atoms with Gasteiger partial charge in [-0.05, 0) is 49.2 Å². The smallest absolute Gasteiger partial charge is 0.252 e. The van der Waals surface area contributed by atoms with Gasteiger partial charge in [0.1, 0.15) is 11.5 Å². The summed E-state index contributed by atoms with van der Waals surface area (Å²) in [4.78, 5) is 13.4. The lowest BCUT2D eigenvalue weighted by Crippen LogP contribution is -2.25. The molecule has 0 saturated heterocycles.